The Morgan fingerprint density at radius 2 is 1.89 bits per heavy atom. The van der Waals surface area contributed by atoms with Crippen molar-refractivity contribution in [3.05, 3.63) is 46.5 Å². The third kappa shape index (κ3) is 10.8. The molecule has 7 unspecified atom stereocenters. The lowest BCUT2D eigenvalue weighted by atomic mass is 9.74. The lowest BCUT2D eigenvalue weighted by molar-refractivity contribution is -0.162. The summed E-state index contributed by atoms with van der Waals surface area (Å²) in [5.74, 6) is -1.12. The van der Waals surface area contributed by atoms with Crippen molar-refractivity contribution in [2.75, 3.05) is 33.2 Å². The van der Waals surface area contributed by atoms with Crippen LogP contribution in [0.1, 0.15) is 79.7 Å². The number of hydrogen-bond donors (Lipinski definition) is 3. The summed E-state index contributed by atoms with van der Waals surface area (Å²) in [6.07, 6.45) is 1.66. The number of anilines is 1. The van der Waals surface area contributed by atoms with Gasteiger partial charge >= 0.3 is 5.97 Å². The molecule has 0 spiro atoms. The average molecular weight is 796 g/mol. The van der Waals surface area contributed by atoms with Gasteiger partial charge in [0, 0.05) is 44.2 Å². The van der Waals surface area contributed by atoms with Crippen molar-refractivity contribution in [3.63, 3.8) is 0 Å². The van der Waals surface area contributed by atoms with Crippen LogP contribution in [-0.2, 0) is 44.5 Å². The summed E-state index contributed by atoms with van der Waals surface area (Å²) in [5.41, 5.74) is 4.18. The first kappa shape index (κ1) is 45.3. The molecule has 302 valence electrons. The van der Waals surface area contributed by atoms with Gasteiger partial charge in [0.25, 0.3) is 6.47 Å². The number of methoxy groups -OCH3 is 2. The minimum absolute atomic E-state index is 0.165. The number of carbonyl (C=O) groups excluding carboxylic acids is 4. The number of amides is 2. The minimum Gasteiger partial charge on any atom is -0.495 e. The molecule has 1 aromatic carbocycles. The van der Waals surface area contributed by atoms with Gasteiger partial charge in [-0.15, -0.1) is 0 Å². The number of epoxide rings is 1. The second kappa shape index (κ2) is 17.8. The summed E-state index contributed by atoms with van der Waals surface area (Å²) >= 11 is 11.3. The number of rotatable bonds is 10. The Morgan fingerprint density at radius 1 is 1.24 bits per heavy atom. The molecule has 2 aliphatic heterocycles. The van der Waals surface area contributed by atoms with Crippen molar-refractivity contribution in [1.82, 2.24) is 4.90 Å². The first-order valence-corrected chi connectivity index (χ1v) is 18.7. The molecule has 1 aromatic rings. The predicted octanol–water partition coefficient (Wildman–Crippen LogP) is 4.79. The first-order valence-electron chi connectivity index (χ1n) is 17.9. The topological polar surface area (TPSA) is 170 Å². The molecule has 3 rings (SSSR count). The van der Waals surface area contributed by atoms with Crippen LogP contribution in [0.4, 0.5) is 5.69 Å². The highest BCUT2D eigenvalue weighted by atomic mass is 35.5. The van der Waals surface area contributed by atoms with Gasteiger partial charge in [-0.05, 0) is 51.3 Å². The molecule has 3 N–H and O–H groups in total. The number of nitrogens with two attached hydrogens (primary N) is 1. The van der Waals surface area contributed by atoms with Crippen molar-refractivity contribution in [3.8, 4) is 5.75 Å². The van der Waals surface area contributed by atoms with E-state index in [-0.39, 0.29) is 41.4 Å². The maximum absolute atomic E-state index is 14.2. The van der Waals surface area contributed by atoms with Crippen molar-refractivity contribution < 1.29 is 48.0 Å². The maximum Gasteiger partial charge on any atom is 0.328 e. The number of thiol groups is 1. The van der Waals surface area contributed by atoms with Crippen molar-refractivity contribution in [2.24, 2.45) is 11.1 Å². The van der Waals surface area contributed by atoms with E-state index in [1.807, 2.05) is 26.8 Å². The quantitative estimate of drug-likeness (QED) is 0.0979. The monoisotopic (exact) mass is 795 g/mol. The molecule has 2 amide bonds. The van der Waals surface area contributed by atoms with Crippen molar-refractivity contribution in [2.45, 2.75) is 127 Å². The summed E-state index contributed by atoms with van der Waals surface area (Å²) in [7, 11) is 5.97. The third-order valence-electron chi connectivity index (χ3n) is 10.5. The fraction of sp³-hybridized carbons (Fsp3) is 0.641. The lowest BCUT2D eigenvalue weighted by Gasteiger charge is -2.39. The third-order valence-corrected chi connectivity index (χ3v) is 11.1. The van der Waals surface area contributed by atoms with E-state index in [9.17, 15) is 24.3 Å². The van der Waals surface area contributed by atoms with Gasteiger partial charge in [0.15, 0.2) is 0 Å². The Balaban J connectivity index is 2.13. The van der Waals surface area contributed by atoms with Gasteiger partial charge in [-0.25, -0.2) is 4.79 Å². The van der Waals surface area contributed by atoms with E-state index in [4.69, 9.17) is 41.0 Å². The van der Waals surface area contributed by atoms with E-state index in [1.165, 1.54) is 31.1 Å². The number of ether oxygens (including phenoxy) is 5. The molecular weight excluding hydrogens is 738 g/mol. The van der Waals surface area contributed by atoms with Crippen molar-refractivity contribution >= 4 is 54.2 Å². The van der Waals surface area contributed by atoms with Gasteiger partial charge in [-0.1, -0.05) is 63.1 Å². The van der Waals surface area contributed by atoms with E-state index in [1.54, 1.807) is 59.0 Å². The first-order chi connectivity index (χ1) is 24.9. The second-order valence-corrected chi connectivity index (χ2v) is 17.4. The standard InChI is InChI=1S/C39H58ClN3O10S/c1-23-13-12-14-28(50-11)39(41,48)21-30(51-22-44)37(5,6)35-38(7,53-35)29(52-34(47)24(2)42(8)31(45)15-16-36(3,4)54)20-32(46)43(9)26-18-25(17-23)19-27(49-10)33(26)40/h12-14,18-19,22,24,28-30,35,48,54H,15-17,20-21,41H2,1-11H3/b14-12+,23-13+. The molecule has 7 atom stereocenters. The predicted molar refractivity (Wildman–Crippen MR) is 210 cm³/mol. The molecular formula is C39H58ClN3O10S. The van der Waals surface area contributed by atoms with Crippen LogP contribution in [0.5, 0.6) is 5.75 Å². The zero-order chi connectivity index (χ0) is 41.0. The summed E-state index contributed by atoms with van der Waals surface area (Å²) in [4.78, 5) is 55.6. The number of hydrogen-bond acceptors (Lipinski definition) is 12. The number of aliphatic hydroxyl groups is 1. The molecule has 0 aromatic heterocycles. The zero-order valence-electron chi connectivity index (χ0n) is 33.3. The van der Waals surface area contributed by atoms with E-state index >= 15 is 0 Å². The average Bonchev–Trinajstić information content (AvgIpc) is 3.80. The van der Waals surface area contributed by atoms with Gasteiger partial charge < -0.3 is 44.3 Å². The number of esters is 1. The molecule has 13 nitrogen and oxygen atoms in total. The number of likely N-dealkylation sites (N-methyl/N-ethyl adjacent to an activating group) is 1. The number of allylic oxidation sites excluding steroid dienone is 3. The fourth-order valence-corrected chi connectivity index (χ4v) is 7.19. The van der Waals surface area contributed by atoms with Crippen LogP contribution in [0, 0.1) is 5.41 Å². The molecule has 0 aliphatic carbocycles. The zero-order valence-corrected chi connectivity index (χ0v) is 35.0. The SMILES string of the molecule is COc1cc2cc(c1Cl)N(C)C(=O)CC(OC(=O)C(C)N(C)C(=O)CCC(C)(C)S)C1(C)OC1C(C)(C)C(OC=O)CC(N)(O)C(OC)/C=C/C=C(\C)C2. The lowest BCUT2D eigenvalue weighted by Crippen LogP contribution is -2.56. The number of nitrogens with zero attached hydrogens (tertiary/aromatic N) is 2. The smallest absolute Gasteiger partial charge is 0.328 e. The molecule has 0 radical (unpaired) electrons. The number of benzene rings is 1. The maximum atomic E-state index is 14.2. The van der Waals surface area contributed by atoms with Crippen molar-refractivity contribution in [1.29, 1.82) is 0 Å². The Bertz CT molecular complexity index is 1610. The highest BCUT2D eigenvalue weighted by molar-refractivity contribution is 7.81. The number of fused-ring (bicyclic) bond motifs is 3. The van der Waals surface area contributed by atoms with E-state index < -0.39 is 59.1 Å². The van der Waals surface area contributed by atoms with Gasteiger partial charge in [0.2, 0.25) is 11.8 Å². The minimum atomic E-state index is -2.01. The van der Waals surface area contributed by atoms with Crippen LogP contribution in [0.3, 0.4) is 0 Å². The molecule has 54 heavy (non-hydrogen) atoms. The van der Waals surface area contributed by atoms with Crippen LogP contribution in [-0.4, -0.2) is 109 Å². The summed E-state index contributed by atoms with van der Waals surface area (Å²) in [6.45, 7) is 12.7. The Morgan fingerprint density at radius 3 is 2.46 bits per heavy atom. The Hall–Kier alpha value is -3.14. The highest BCUT2D eigenvalue weighted by Gasteiger charge is 2.68. The molecule has 2 heterocycles. The molecule has 15 heteroatoms. The van der Waals surface area contributed by atoms with Crippen LogP contribution in [0.25, 0.3) is 0 Å². The van der Waals surface area contributed by atoms with E-state index in [2.05, 4.69) is 12.6 Å². The Kier molecular flexibility index (Phi) is 14.9. The number of carbonyl (C=O) groups is 4. The number of halogens is 1. The van der Waals surface area contributed by atoms with Gasteiger partial charge in [-0.3, -0.25) is 14.4 Å². The van der Waals surface area contributed by atoms with E-state index in [0.717, 1.165) is 11.1 Å². The molecule has 2 bridgehead atoms. The largest absolute Gasteiger partial charge is 0.495 e. The van der Waals surface area contributed by atoms with Crippen LogP contribution >= 0.6 is 24.2 Å². The normalized spacial score (nSPS) is 29.9. The molecule has 2 aliphatic rings. The summed E-state index contributed by atoms with van der Waals surface area (Å²) in [6, 6.07) is 2.56. The molecule has 1 fully saturated rings. The summed E-state index contributed by atoms with van der Waals surface area (Å²) < 4.78 is 28.7. The summed E-state index contributed by atoms with van der Waals surface area (Å²) in [5, 5.41) is 11.7. The molecule has 1 saturated heterocycles. The van der Waals surface area contributed by atoms with E-state index in [0.29, 0.717) is 24.3 Å². The van der Waals surface area contributed by atoms with Gasteiger partial charge in [0.1, 0.15) is 46.5 Å². The Labute approximate surface area is 329 Å². The second-order valence-electron chi connectivity index (χ2n) is 15.9. The van der Waals surface area contributed by atoms with Crippen LogP contribution in [0.15, 0.2) is 35.9 Å². The van der Waals surface area contributed by atoms with Gasteiger partial charge in [0.05, 0.1) is 25.3 Å². The van der Waals surface area contributed by atoms with Crippen LogP contribution < -0.4 is 15.4 Å². The van der Waals surface area contributed by atoms with Crippen LogP contribution in [0.2, 0.25) is 5.02 Å². The highest BCUT2D eigenvalue weighted by Crippen LogP contribution is 2.54. The fourth-order valence-electron chi connectivity index (χ4n) is 6.77. The van der Waals surface area contributed by atoms with Gasteiger partial charge in [-0.2, -0.15) is 12.6 Å². The molecule has 0 saturated carbocycles.